The van der Waals surface area contributed by atoms with Crippen LogP contribution in [0.5, 0.6) is 0 Å². The summed E-state index contributed by atoms with van der Waals surface area (Å²) in [4.78, 5) is 12.7. The van der Waals surface area contributed by atoms with Gasteiger partial charge < -0.3 is 21.7 Å². The maximum atomic E-state index is 12.7. The van der Waals surface area contributed by atoms with Gasteiger partial charge in [-0.25, -0.2) is 0 Å². The summed E-state index contributed by atoms with van der Waals surface area (Å²) in [7, 11) is 0. The van der Waals surface area contributed by atoms with E-state index in [2.05, 4.69) is 29.8 Å². The number of nitrogens with two attached hydrogens (primary N) is 1. The summed E-state index contributed by atoms with van der Waals surface area (Å²) in [5.41, 5.74) is 6.58. The molecule has 0 fully saturated rings. The lowest BCUT2D eigenvalue weighted by atomic mass is 10.0. The van der Waals surface area contributed by atoms with Crippen LogP contribution < -0.4 is 21.7 Å². The summed E-state index contributed by atoms with van der Waals surface area (Å²) in [6, 6.07) is 7.14. The first-order valence-corrected chi connectivity index (χ1v) is 12.6. The number of anilines is 1. The lowest BCUT2D eigenvalue weighted by molar-refractivity contribution is 0.0934. The number of amides is 1. The van der Waals surface area contributed by atoms with Gasteiger partial charge in [0.1, 0.15) is 0 Å². The van der Waals surface area contributed by atoms with Crippen molar-refractivity contribution in [1.29, 1.82) is 5.41 Å². The number of hydrogen-bond donors (Lipinski definition) is 5. The van der Waals surface area contributed by atoms with Crippen LogP contribution in [0.1, 0.15) is 101 Å². The highest BCUT2D eigenvalue weighted by atomic mass is 16.1. The second-order valence-electron chi connectivity index (χ2n) is 8.67. The first-order chi connectivity index (χ1) is 15.6. The van der Waals surface area contributed by atoms with Crippen molar-refractivity contribution in [2.75, 3.05) is 18.4 Å². The summed E-state index contributed by atoms with van der Waals surface area (Å²) in [6.07, 6.45) is 16.9. The fourth-order valence-corrected chi connectivity index (χ4v) is 3.90. The predicted octanol–water partition coefficient (Wildman–Crippen LogP) is 5.61. The normalized spacial score (nSPS) is 11.8. The Kier molecular flexibility index (Phi) is 16.1. The van der Waals surface area contributed by atoms with Gasteiger partial charge in [-0.3, -0.25) is 10.2 Å². The van der Waals surface area contributed by atoms with Crippen molar-refractivity contribution in [2.45, 2.75) is 96.4 Å². The van der Waals surface area contributed by atoms with E-state index >= 15 is 0 Å². The summed E-state index contributed by atoms with van der Waals surface area (Å²) in [5.74, 6) is -0.251. The highest BCUT2D eigenvalue weighted by molar-refractivity contribution is 5.97. The Labute approximate surface area is 196 Å². The summed E-state index contributed by atoms with van der Waals surface area (Å²) in [5, 5.41) is 16.5. The largest absolute Gasteiger partial charge is 0.370 e. The zero-order valence-electron chi connectivity index (χ0n) is 20.2. The minimum atomic E-state index is -0.146. The SMILES string of the molecule is [CH2]CNCC(CCCCCCCCCCCCCC)NC(=O)c1cccc(NC(=N)N)c1. The van der Waals surface area contributed by atoms with Gasteiger partial charge in [0, 0.05) is 23.8 Å². The number of rotatable bonds is 19. The van der Waals surface area contributed by atoms with Crippen molar-refractivity contribution in [2.24, 2.45) is 5.73 Å². The van der Waals surface area contributed by atoms with Crippen molar-refractivity contribution < 1.29 is 4.79 Å². The summed E-state index contributed by atoms with van der Waals surface area (Å²) < 4.78 is 0. The van der Waals surface area contributed by atoms with Crippen LogP contribution in [0.3, 0.4) is 0 Å². The molecule has 1 rings (SSSR count). The van der Waals surface area contributed by atoms with Crippen LogP contribution >= 0.6 is 0 Å². The minimum Gasteiger partial charge on any atom is -0.370 e. The van der Waals surface area contributed by atoms with Gasteiger partial charge in [0.05, 0.1) is 0 Å². The van der Waals surface area contributed by atoms with E-state index in [9.17, 15) is 4.79 Å². The first kappa shape index (κ1) is 28.0. The van der Waals surface area contributed by atoms with Crippen molar-refractivity contribution in [3.8, 4) is 0 Å². The van der Waals surface area contributed by atoms with E-state index < -0.39 is 0 Å². The third-order valence-corrected chi connectivity index (χ3v) is 5.71. The number of hydrogen-bond acceptors (Lipinski definition) is 3. The second-order valence-corrected chi connectivity index (χ2v) is 8.67. The molecule has 1 radical (unpaired) electrons. The Morgan fingerprint density at radius 2 is 1.59 bits per heavy atom. The third kappa shape index (κ3) is 14.1. The predicted molar refractivity (Wildman–Crippen MR) is 137 cm³/mol. The molecule has 6 nitrogen and oxygen atoms in total. The molecule has 0 bridgehead atoms. The lowest BCUT2D eigenvalue weighted by Gasteiger charge is -2.19. The van der Waals surface area contributed by atoms with Crippen LogP contribution in [0.15, 0.2) is 24.3 Å². The van der Waals surface area contributed by atoms with Gasteiger partial charge in [0.2, 0.25) is 0 Å². The number of unbranched alkanes of at least 4 members (excludes halogenated alkanes) is 11. The molecule has 1 atom stereocenters. The summed E-state index contributed by atoms with van der Waals surface area (Å²) >= 11 is 0. The van der Waals surface area contributed by atoms with Crippen LogP contribution in [-0.2, 0) is 0 Å². The van der Waals surface area contributed by atoms with Gasteiger partial charge in [-0.15, -0.1) is 0 Å². The fourth-order valence-electron chi connectivity index (χ4n) is 3.90. The molecule has 0 heterocycles. The van der Waals surface area contributed by atoms with Gasteiger partial charge in [-0.2, -0.15) is 0 Å². The molecule has 0 aliphatic heterocycles. The van der Waals surface area contributed by atoms with Gasteiger partial charge >= 0.3 is 0 Å². The van der Waals surface area contributed by atoms with Crippen molar-refractivity contribution in [3.63, 3.8) is 0 Å². The maximum absolute atomic E-state index is 12.7. The fraction of sp³-hybridized carbons (Fsp3) is 0.654. The minimum absolute atomic E-state index is 0.0804. The molecule has 0 aliphatic carbocycles. The zero-order valence-corrected chi connectivity index (χ0v) is 20.2. The second kappa shape index (κ2) is 18.5. The number of nitrogens with one attached hydrogen (secondary N) is 4. The molecule has 1 unspecified atom stereocenters. The first-order valence-electron chi connectivity index (χ1n) is 12.6. The molecule has 1 aromatic rings. The molecule has 6 N–H and O–H groups in total. The molecule has 0 aliphatic rings. The van der Waals surface area contributed by atoms with Gasteiger partial charge in [-0.1, -0.05) is 90.0 Å². The molecule has 6 heteroatoms. The molecule has 181 valence electrons. The topological polar surface area (TPSA) is 103 Å². The quantitative estimate of drug-likeness (QED) is 0.109. The van der Waals surface area contributed by atoms with Crippen LogP contribution in [0.4, 0.5) is 5.69 Å². The van der Waals surface area contributed by atoms with Gasteiger partial charge in [-0.05, 0) is 38.1 Å². The Morgan fingerprint density at radius 3 is 2.16 bits per heavy atom. The van der Waals surface area contributed by atoms with E-state index in [1.807, 2.05) is 0 Å². The van der Waals surface area contributed by atoms with Crippen molar-refractivity contribution >= 4 is 17.6 Å². The Hall–Kier alpha value is -2.08. The highest BCUT2D eigenvalue weighted by Crippen LogP contribution is 2.14. The highest BCUT2D eigenvalue weighted by Gasteiger charge is 2.14. The molecule has 0 saturated carbocycles. The number of benzene rings is 1. The van der Waals surface area contributed by atoms with Crippen molar-refractivity contribution in [3.05, 3.63) is 36.8 Å². The smallest absolute Gasteiger partial charge is 0.251 e. The average molecular weight is 445 g/mol. The molecule has 32 heavy (non-hydrogen) atoms. The molecular weight excluding hydrogens is 398 g/mol. The van der Waals surface area contributed by atoms with E-state index in [-0.39, 0.29) is 17.9 Å². The van der Waals surface area contributed by atoms with E-state index in [1.54, 1.807) is 24.3 Å². The Morgan fingerprint density at radius 1 is 1.00 bits per heavy atom. The molecule has 1 aromatic carbocycles. The van der Waals surface area contributed by atoms with E-state index in [0.29, 0.717) is 17.8 Å². The van der Waals surface area contributed by atoms with Crippen LogP contribution in [0.2, 0.25) is 0 Å². The lowest BCUT2D eigenvalue weighted by Crippen LogP contribution is -2.42. The standard InChI is InChI=1S/C26H46N5O/c1-3-5-6-7-8-9-10-11-12-13-14-15-18-24(21-29-4-2)30-25(32)22-17-16-19-23(20-22)31-26(27)28/h16-17,19-20,24,29H,2-15,18,21H2,1H3,(H,30,32)(H4,27,28,31). The maximum Gasteiger partial charge on any atom is 0.251 e. The zero-order chi connectivity index (χ0) is 23.4. The van der Waals surface area contributed by atoms with Crippen LogP contribution in [0, 0.1) is 12.3 Å². The van der Waals surface area contributed by atoms with Crippen LogP contribution in [-0.4, -0.2) is 31.0 Å². The Balaban J connectivity index is 2.27. The molecule has 0 aromatic heterocycles. The van der Waals surface area contributed by atoms with E-state index in [4.69, 9.17) is 11.1 Å². The van der Waals surface area contributed by atoms with Crippen LogP contribution in [0.25, 0.3) is 0 Å². The molecule has 0 saturated heterocycles. The van der Waals surface area contributed by atoms with E-state index in [0.717, 1.165) is 19.4 Å². The summed E-state index contributed by atoms with van der Waals surface area (Å²) in [6.45, 7) is 7.46. The molecule has 1 amide bonds. The van der Waals surface area contributed by atoms with Gasteiger partial charge in [0.15, 0.2) is 5.96 Å². The third-order valence-electron chi connectivity index (χ3n) is 5.71. The average Bonchev–Trinajstić information content (AvgIpc) is 2.77. The number of carbonyl (C=O) groups is 1. The van der Waals surface area contributed by atoms with Crippen molar-refractivity contribution in [1.82, 2.24) is 10.6 Å². The monoisotopic (exact) mass is 444 g/mol. The Bertz CT molecular complexity index is 634. The number of guanidine groups is 1. The molecular formula is C26H46N5O. The van der Waals surface area contributed by atoms with E-state index in [1.165, 1.54) is 70.6 Å². The van der Waals surface area contributed by atoms with Gasteiger partial charge in [0.25, 0.3) is 5.91 Å². The number of carbonyl (C=O) groups excluding carboxylic acids is 1. The molecule has 0 spiro atoms.